The number of carbonyl (C=O) groups excluding carboxylic acids is 1. The molecule has 0 bridgehead atoms. The molecule has 2 aromatic rings. The zero-order chi connectivity index (χ0) is 20.6. The van der Waals surface area contributed by atoms with Gasteiger partial charge in [0, 0.05) is 13.1 Å². The standard InChI is InChI=1S/C23H22F2N2O2/c24-23(25)29-21-8-6-18(7-9-21)15-20(16-26)22(28)27-12-10-19(11-13-27)14-17-4-2-1-3-5-17/h1-9,15,19,23H,10-14H2. The smallest absolute Gasteiger partial charge is 0.387 e. The Morgan fingerprint density at radius 1 is 1.14 bits per heavy atom. The second-order valence-electron chi connectivity index (χ2n) is 7.04. The lowest BCUT2D eigenvalue weighted by molar-refractivity contribution is -0.127. The minimum atomic E-state index is -2.89. The van der Waals surface area contributed by atoms with Crippen LogP contribution in [0.4, 0.5) is 8.78 Å². The van der Waals surface area contributed by atoms with E-state index in [0.717, 1.165) is 19.3 Å². The van der Waals surface area contributed by atoms with E-state index in [0.29, 0.717) is 24.6 Å². The molecule has 0 radical (unpaired) electrons. The molecular weight excluding hydrogens is 374 g/mol. The first-order valence-electron chi connectivity index (χ1n) is 9.55. The van der Waals surface area contributed by atoms with E-state index in [1.54, 1.807) is 4.90 Å². The molecule has 0 aliphatic carbocycles. The van der Waals surface area contributed by atoms with Crippen LogP contribution in [0.3, 0.4) is 0 Å². The molecule has 6 heteroatoms. The highest BCUT2D eigenvalue weighted by molar-refractivity contribution is 6.01. The molecule has 0 aromatic heterocycles. The van der Waals surface area contributed by atoms with Crippen LogP contribution in [-0.2, 0) is 11.2 Å². The van der Waals surface area contributed by atoms with Crippen LogP contribution in [-0.4, -0.2) is 30.5 Å². The molecule has 1 amide bonds. The maximum Gasteiger partial charge on any atom is 0.387 e. The second kappa shape index (κ2) is 9.83. The van der Waals surface area contributed by atoms with Crippen molar-refractivity contribution in [3.63, 3.8) is 0 Å². The average Bonchev–Trinajstić information content (AvgIpc) is 2.73. The van der Waals surface area contributed by atoms with Gasteiger partial charge >= 0.3 is 6.61 Å². The lowest BCUT2D eigenvalue weighted by atomic mass is 9.90. The molecule has 3 rings (SSSR count). The zero-order valence-electron chi connectivity index (χ0n) is 15.9. The Morgan fingerprint density at radius 2 is 1.79 bits per heavy atom. The normalized spacial score (nSPS) is 15.2. The Balaban J connectivity index is 1.58. The quantitative estimate of drug-likeness (QED) is 0.526. The molecule has 1 aliphatic rings. The van der Waals surface area contributed by atoms with E-state index in [4.69, 9.17) is 0 Å². The van der Waals surface area contributed by atoms with Crippen molar-refractivity contribution in [2.24, 2.45) is 5.92 Å². The number of nitriles is 1. The van der Waals surface area contributed by atoms with Crippen molar-refractivity contribution in [1.82, 2.24) is 4.90 Å². The van der Waals surface area contributed by atoms with Crippen LogP contribution in [0.25, 0.3) is 6.08 Å². The van der Waals surface area contributed by atoms with Crippen LogP contribution in [0, 0.1) is 17.2 Å². The highest BCUT2D eigenvalue weighted by atomic mass is 19.3. The number of hydrogen-bond acceptors (Lipinski definition) is 3. The number of benzene rings is 2. The fourth-order valence-electron chi connectivity index (χ4n) is 3.51. The first-order valence-corrected chi connectivity index (χ1v) is 9.55. The second-order valence-corrected chi connectivity index (χ2v) is 7.04. The Morgan fingerprint density at radius 3 is 2.38 bits per heavy atom. The van der Waals surface area contributed by atoms with E-state index in [2.05, 4.69) is 16.9 Å². The molecule has 1 saturated heterocycles. The third-order valence-electron chi connectivity index (χ3n) is 5.04. The van der Waals surface area contributed by atoms with Gasteiger partial charge in [-0.15, -0.1) is 0 Å². The van der Waals surface area contributed by atoms with Gasteiger partial charge in [-0.1, -0.05) is 42.5 Å². The maximum absolute atomic E-state index is 12.7. The van der Waals surface area contributed by atoms with E-state index in [9.17, 15) is 18.8 Å². The number of rotatable bonds is 6. The van der Waals surface area contributed by atoms with Gasteiger partial charge < -0.3 is 9.64 Å². The van der Waals surface area contributed by atoms with Crippen LogP contribution in [0.5, 0.6) is 5.75 Å². The number of piperidine rings is 1. The molecule has 1 heterocycles. The Labute approximate surface area is 169 Å². The fraction of sp³-hybridized carbons (Fsp3) is 0.304. The summed E-state index contributed by atoms with van der Waals surface area (Å²) in [5.41, 5.74) is 1.92. The molecule has 0 unspecified atom stereocenters. The summed E-state index contributed by atoms with van der Waals surface area (Å²) >= 11 is 0. The van der Waals surface area contributed by atoms with Crippen molar-refractivity contribution < 1.29 is 18.3 Å². The van der Waals surface area contributed by atoms with Gasteiger partial charge in [0.25, 0.3) is 5.91 Å². The summed E-state index contributed by atoms with van der Waals surface area (Å²) in [5, 5.41) is 9.42. The summed E-state index contributed by atoms with van der Waals surface area (Å²) in [6.45, 7) is -1.65. The number of nitrogens with zero attached hydrogens (tertiary/aromatic N) is 2. The highest BCUT2D eigenvalue weighted by Gasteiger charge is 2.25. The molecule has 0 N–H and O–H groups in total. The molecule has 4 nitrogen and oxygen atoms in total. The van der Waals surface area contributed by atoms with Crippen LogP contribution in [0.1, 0.15) is 24.0 Å². The Kier molecular flexibility index (Phi) is 6.96. The van der Waals surface area contributed by atoms with Crippen molar-refractivity contribution in [1.29, 1.82) is 5.26 Å². The Hall–Kier alpha value is -3.20. The monoisotopic (exact) mass is 396 g/mol. The van der Waals surface area contributed by atoms with Crippen LogP contribution >= 0.6 is 0 Å². The molecule has 1 aliphatic heterocycles. The number of likely N-dealkylation sites (tertiary alicyclic amines) is 1. The average molecular weight is 396 g/mol. The van der Waals surface area contributed by atoms with Gasteiger partial charge in [0.15, 0.2) is 0 Å². The molecule has 1 fully saturated rings. The number of amides is 1. The molecule has 0 spiro atoms. The SMILES string of the molecule is N#CC(=Cc1ccc(OC(F)F)cc1)C(=O)N1CCC(Cc2ccccc2)CC1. The number of ether oxygens (including phenoxy) is 1. The molecular formula is C23H22F2N2O2. The summed E-state index contributed by atoms with van der Waals surface area (Å²) in [6.07, 6.45) is 4.28. The molecule has 0 saturated carbocycles. The van der Waals surface area contributed by atoms with E-state index in [-0.39, 0.29) is 17.2 Å². The number of alkyl halides is 2. The predicted octanol–water partition coefficient (Wildman–Crippen LogP) is 4.68. The molecule has 29 heavy (non-hydrogen) atoms. The third kappa shape index (κ3) is 5.89. The van der Waals surface area contributed by atoms with Gasteiger partial charge in [-0.25, -0.2) is 0 Å². The van der Waals surface area contributed by atoms with Crippen molar-refractivity contribution in [3.8, 4) is 11.8 Å². The lowest BCUT2D eigenvalue weighted by Gasteiger charge is -2.32. The van der Waals surface area contributed by atoms with Gasteiger partial charge in [-0.3, -0.25) is 4.79 Å². The van der Waals surface area contributed by atoms with Crippen molar-refractivity contribution in [2.45, 2.75) is 25.9 Å². The minimum absolute atomic E-state index is 0.0301. The van der Waals surface area contributed by atoms with Crippen LogP contribution in [0.2, 0.25) is 0 Å². The van der Waals surface area contributed by atoms with Gasteiger partial charge in [0.2, 0.25) is 0 Å². The largest absolute Gasteiger partial charge is 0.435 e. The van der Waals surface area contributed by atoms with Crippen molar-refractivity contribution in [3.05, 3.63) is 71.3 Å². The number of hydrogen-bond donors (Lipinski definition) is 0. The Bertz CT molecular complexity index is 881. The van der Waals surface area contributed by atoms with E-state index < -0.39 is 6.61 Å². The number of carbonyl (C=O) groups is 1. The molecule has 0 atom stereocenters. The first kappa shape index (κ1) is 20.5. The topological polar surface area (TPSA) is 53.3 Å². The van der Waals surface area contributed by atoms with E-state index in [1.807, 2.05) is 24.3 Å². The first-order chi connectivity index (χ1) is 14.0. The van der Waals surface area contributed by atoms with Crippen LogP contribution in [0.15, 0.2) is 60.2 Å². The maximum atomic E-state index is 12.7. The number of halogens is 2. The zero-order valence-corrected chi connectivity index (χ0v) is 15.9. The summed E-state index contributed by atoms with van der Waals surface area (Å²) < 4.78 is 28.7. The summed E-state index contributed by atoms with van der Waals surface area (Å²) in [7, 11) is 0. The van der Waals surface area contributed by atoms with Gasteiger partial charge in [0.1, 0.15) is 17.4 Å². The van der Waals surface area contributed by atoms with E-state index >= 15 is 0 Å². The predicted molar refractivity (Wildman–Crippen MR) is 106 cm³/mol. The van der Waals surface area contributed by atoms with Gasteiger partial charge in [0.05, 0.1) is 0 Å². The summed E-state index contributed by atoms with van der Waals surface area (Å²) in [4.78, 5) is 14.4. The highest BCUT2D eigenvalue weighted by Crippen LogP contribution is 2.23. The third-order valence-corrected chi connectivity index (χ3v) is 5.04. The minimum Gasteiger partial charge on any atom is -0.435 e. The summed E-state index contributed by atoms with van der Waals surface area (Å²) in [5.74, 6) is 0.263. The molecule has 2 aromatic carbocycles. The van der Waals surface area contributed by atoms with Crippen molar-refractivity contribution in [2.75, 3.05) is 13.1 Å². The lowest BCUT2D eigenvalue weighted by Crippen LogP contribution is -2.39. The summed E-state index contributed by atoms with van der Waals surface area (Å²) in [6, 6.07) is 18.1. The molecule has 150 valence electrons. The van der Waals surface area contributed by atoms with Gasteiger partial charge in [-0.05, 0) is 54.5 Å². The van der Waals surface area contributed by atoms with E-state index in [1.165, 1.54) is 35.9 Å². The van der Waals surface area contributed by atoms with Gasteiger partial charge in [-0.2, -0.15) is 14.0 Å². The van der Waals surface area contributed by atoms with Crippen LogP contribution < -0.4 is 4.74 Å². The van der Waals surface area contributed by atoms with Crippen molar-refractivity contribution >= 4 is 12.0 Å². The fourth-order valence-corrected chi connectivity index (χ4v) is 3.51.